The minimum absolute atomic E-state index is 0.0281. The van der Waals surface area contributed by atoms with Gasteiger partial charge in [-0.1, -0.05) is 55.8 Å². The molecule has 0 saturated carbocycles. The summed E-state index contributed by atoms with van der Waals surface area (Å²) in [5, 5.41) is 43.7. The highest BCUT2D eigenvalue weighted by molar-refractivity contribution is 6.02. The maximum atomic E-state index is 12.2. The highest BCUT2D eigenvalue weighted by atomic mass is 16.4. The van der Waals surface area contributed by atoms with Crippen molar-refractivity contribution in [2.75, 3.05) is 0 Å². The number of phenols is 1. The summed E-state index contributed by atoms with van der Waals surface area (Å²) in [7, 11) is 0. The van der Waals surface area contributed by atoms with Crippen molar-refractivity contribution in [1.29, 1.82) is 0 Å². The van der Waals surface area contributed by atoms with Crippen molar-refractivity contribution in [2.45, 2.75) is 38.7 Å². The highest BCUT2D eigenvalue weighted by Gasteiger charge is 2.33. The van der Waals surface area contributed by atoms with Crippen LogP contribution in [0.3, 0.4) is 0 Å². The Hall–Kier alpha value is -3.64. The number of rotatable bonds is 7. The second-order valence-electron chi connectivity index (χ2n) is 8.48. The zero-order valence-electron chi connectivity index (χ0n) is 18.3. The molecule has 4 N–H and O–H groups in total. The standard InChI is InChI=1S/C27H26O6/c1-2-3-6-15-9-10-19-17(11-15)13-23(29)25(27(32)33)21(19)14-20-18-8-5-4-7-16(18)12-22(28)24(20)26(30)31/h4-5,7-13,23,25,28-29H,2-3,6,14H2,1H3,(H,30,31)(H,32,33). The lowest BCUT2D eigenvalue weighted by Crippen LogP contribution is -2.43. The number of hydrogen-bond donors (Lipinski definition) is 4. The van der Waals surface area contributed by atoms with Gasteiger partial charge in [0, 0.05) is 0 Å². The predicted octanol–water partition coefficient (Wildman–Crippen LogP) is 2.84. The number of aliphatic carboxylic acids is 1. The average Bonchev–Trinajstić information content (AvgIpc) is 2.76. The van der Waals surface area contributed by atoms with Gasteiger partial charge in [0.25, 0.3) is 0 Å². The van der Waals surface area contributed by atoms with Crippen LogP contribution >= 0.6 is 0 Å². The lowest BCUT2D eigenvalue weighted by atomic mass is 9.81. The number of hydrogen-bond acceptors (Lipinski definition) is 4. The Morgan fingerprint density at radius 3 is 2.48 bits per heavy atom. The summed E-state index contributed by atoms with van der Waals surface area (Å²) in [6.07, 6.45) is 3.23. The van der Waals surface area contributed by atoms with Gasteiger partial charge in [-0.25, -0.2) is 4.79 Å². The molecule has 33 heavy (non-hydrogen) atoms. The smallest absolute Gasteiger partial charge is 0.339 e. The van der Waals surface area contributed by atoms with E-state index in [0.29, 0.717) is 27.1 Å². The van der Waals surface area contributed by atoms with Gasteiger partial charge in [0.05, 0.1) is 6.10 Å². The van der Waals surface area contributed by atoms with Gasteiger partial charge in [-0.05, 0) is 69.3 Å². The summed E-state index contributed by atoms with van der Waals surface area (Å²) in [6, 6.07) is 14.3. The fraction of sp³-hybridized carbons (Fsp3) is 0.259. The zero-order chi connectivity index (χ0) is 23.7. The molecule has 2 unspecified atom stereocenters. The van der Waals surface area contributed by atoms with E-state index >= 15 is 0 Å². The fourth-order valence-electron chi connectivity index (χ4n) is 4.75. The van der Waals surface area contributed by atoms with Crippen molar-refractivity contribution in [2.24, 2.45) is 5.92 Å². The third-order valence-electron chi connectivity index (χ3n) is 6.33. The van der Waals surface area contributed by atoms with E-state index in [9.17, 15) is 30.0 Å². The van der Waals surface area contributed by atoms with Gasteiger partial charge >= 0.3 is 11.9 Å². The van der Waals surface area contributed by atoms with Gasteiger partial charge in [-0.3, -0.25) is 4.79 Å². The SMILES string of the molecule is CCCCc1ccc2c(c1)=CC(O)C(C(=O)O)C=2Cc1c(C(=O)O)c(O)cc2ccccc12. The van der Waals surface area contributed by atoms with Crippen LogP contribution in [0.25, 0.3) is 22.4 Å². The lowest BCUT2D eigenvalue weighted by Gasteiger charge is -2.25. The first-order valence-electron chi connectivity index (χ1n) is 11.0. The highest BCUT2D eigenvalue weighted by Crippen LogP contribution is 2.34. The van der Waals surface area contributed by atoms with Gasteiger partial charge in [0.15, 0.2) is 0 Å². The van der Waals surface area contributed by atoms with E-state index in [4.69, 9.17) is 0 Å². The summed E-state index contributed by atoms with van der Waals surface area (Å²) in [6.45, 7) is 2.11. The van der Waals surface area contributed by atoms with Crippen LogP contribution in [0.5, 0.6) is 5.75 Å². The molecule has 170 valence electrons. The van der Waals surface area contributed by atoms with Gasteiger partial charge < -0.3 is 20.4 Å². The molecule has 0 radical (unpaired) electrons. The molecule has 0 bridgehead atoms. The number of fused-ring (bicyclic) bond motifs is 2. The number of benzene rings is 3. The maximum absolute atomic E-state index is 12.2. The van der Waals surface area contributed by atoms with Crippen molar-refractivity contribution in [3.63, 3.8) is 0 Å². The summed E-state index contributed by atoms with van der Waals surface area (Å²) >= 11 is 0. The van der Waals surface area contributed by atoms with Crippen LogP contribution in [0, 0.1) is 5.92 Å². The molecule has 1 aliphatic carbocycles. The van der Waals surface area contributed by atoms with E-state index in [-0.39, 0.29) is 17.7 Å². The van der Waals surface area contributed by atoms with E-state index in [1.54, 1.807) is 30.3 Å². The molecule has 0 aromatic heterocycles. The number of aryl methyl sites for hydroxylation is 1. The monoisotopic (exact) mass is 446 g/mol. The minimum Gasteiger partial charge on any atom is -0.507 e. The molecule has 3 aromatic rings. The van der Waals surface area contributed by atoms with Crippen LogP contribution in [0.2, 0.25) is 0 Å². The molecule has 1 aliphatic rings. The zero-order valence-corrected chi connectivity index (χ0v) is 18.3. The summed E-state index contributed by atoms with van der Waals surface area (Å²) in [5.41, 5.74) is 1.60. The van der Waals surface area contributed by atoms with Crippen LogP contribution in [-0.4, -0.2) is 38.5 Å². The number of carbonyl (C=O) groups is 2. The summed E-state index contributed by atoms with van der Waals surface area (Å²) < 4.78 is 0. The Balaban J connectivity index is 1.99. The molecular weight excluding hydrogens is 420 g/mol. The van der Waals surface area contributed by atoms with E-state index in [0.717, 1.165) is 30.0 Å². The van der Waals surface area contributed by atoms with Crippen molar-refractivity contribution < 1.29 is 30.0 Å². The quantitative estimate of drug-likeness (QED) is 0.444. The van der Waals surface area contributed by atoms with Crippen molar-refractivity contribution >= 4 is 34.4 Å². The molecule has 0 spiro atoms. The molecule has 0 fully saturated rings. The van der Waals surface area contributed by atoms with E-state index in [1.807, 2.05) is 18.2 Å². The van der Waals surface area contributed by atoms with E-state index < -0.39 is 24.0 Å². The Kier molecular flexibility index (Phi) is 6.20. The topological polar surface area (TPSA) is 115 Å². The van der Waals surface area contributed by atoms with Gasteiger partial charge in [0.2, 0.25) is 0 Å². The molecule has 0 aliphatic heterocycles. The van der Waals surface area contributed by atoms with Crippen LogP contribution in [-0.2, 0) is 17.6 Å². The molecule has 0 amide bonds. The van der Waals surface area contributed by atoms with E-state index in [2.05, 4.69) is 6.92 Å². The van der Waals surface area contributed by atoms with Gasteiger partial charge in [-0.2, -0.15) is 0 Å². The van der Waals surface area contributed by atoms with Gasteiger partial charge in [0.1, 0.15) is 17.2 Å². The number of aromatic carboxylic acids is 1. The lowest BCUT2D eigenvalue weighted by molar-refractivity contribution is -0.141. The van der Waals surface area contributed by atoms with Crippen LogP contribution in [0.15, 0.2) is 48.5 Å². The first-order chi connectivity index (χ1) is 15.8. The molecule has 6 nitrogen and oxygen atoms in total. The second-order valence-corrected chi connectivity index (χ2v) is 8.48. The third kappa shape index (κ3) is 4.22. The molecular formula is C27H26O6. The van der Waals surface area contributed by atoms with Crippen molar-refractivity contribution in [3.05, 3.63) is 75.7 Å². The van der Waals surface area contributed by atoms with Crippen molar-refractivity contribution in [3.8, 4) is 5.75 Å². The number of aliphatic hydroxyl groups is 1. The molecule has 0 heterocycles. The number of carboxylic acids is 2. The van der Waals surface area contributed by atoms with E-state index in [1.165, 1.54) is 6.07 Å². The predicted molar refractivity (Wildman–Crippen MR) is 126 cm³/mol. The third-order valence-corrected chi connectivity index (χ3v) is 6.33. The molecule has 2 atom stereocenters. The van der Waals surface area contributed by atoms with Gasteiger partial charge in [-0.15, -0.1) is 0 Å². The Morgan fingerprint density at radius 1 is 1.03 bits per heavy atom. The second kappa shape index (κ2) is 9.08. The summed E-state index contributed by atoms with van der Waals surface area (Å²) in [4.78, 5) is 24.2. The van der Waals surface area contributed by atoms with Crippen LogP contribution in [0.4, 0.5) is 0 Å². The summed E-state index contributed by atoms with van der Waals surface area (Å²) in [5.74, 6) is -4.07. The van der Waals surface area contributed by atoms with Crippen molar-refractivity contribution in [1.82, 2.24) is 0 Å². The Bertz CT molecular complexity index is 1370. The minimum atomic E-state index is -1.29. The first-order valence-corrected chi connectivity index (χ1v) is 11.0. The fourth-order valence-corrected chi connectivity index (χ4v) is 4.75. The average molecular weight is 446 g/mol. The number of carboxylic acid groups (broad SMARTS) is 2. The maximum Gasteiger partial charge on any atom is 0.339 e. The number of aromatic hydroxyl groups is 1. The Labute approximate surface area is 190 Å². The van der Waals surface area contributed by atoms with Crippen LogP contribution in [0.1, 0.15) is 41.3 Å². The number of unbranched alkanes of at least 4 members (excludes halogenated alkanes) is 1. The van der Waals surface area contributed by atoms with Crippen LogP contribution < -0.4 is 10.4 Å². The first kappa shape index (κ1) is 22.6. The molecule has 6 heteroatoms. The molecule has 4 rings (SSSR count). The number of aliphatic hydroxyl groups excluding tert-OH is 1. The normalized spacial score (nSPS) is 17.5. The Morgan fingerprint density at radius 2 is 1.79 bits per heavy atom. The molecule has 0 saturated heterocycles. The molecule has 3 aromatic carbocycles. The largest absolute Gasteiger partial charge is 0.507 e.